The van der Waals surface area contributed by atoms with Gasteiger partial charge in [-0.2, -0.15) is 27.2 Å². The first kappa shape index (κ1) is 18.0. The molecule has 0 spiro atoms. The Morgan fingerprint density at radius 3 is 1.79 bits per heavy atom. The summed E-state index contributed by atoms with van der Waals surface area (Å²) in [5.41, 5.74) is -0.868. The number of rotatable bonds is 2. The first-order valence-corrected chi connectivity index (χ1v) is 8.23. The van der Waals surface area contributed by atoms with Gasteiger partial charge in [0.2, 0.25) is 0 Å². The Kier molecular flexibility index (Phi) is 3.89. The summed E-state index contributed by atoms with van der Waals surface area (Å²) < 4.78 is 69.6. The van der Waals surface area contributed by atoms with E-state index < -0.39 is 17.7 Å². The van der Waals surface area contributed by atoms with Gasteiger partial charge >= 0.3 is 12.1 Å². The van der Waals surface area contributed by atoms with Gasteiger partial charge in [-0.25, -0.2) is 0 Å². The van der Waals surface area contributed by atoms with Crippen LogP contribution in [0.1, 0.15) is 11.1 Å². The van der Waals surface area contributed by atoms with Gasteiger partial charge in [0.25, 0.3) is 0 Å². The summed E-state index contributed by atoms with van der Waals surface area (Å²) in [6.07, 6.45) is -5.80. The maximum Gasteiger partial charge on any atom is 0.458 e. The van der Waals surface area contributed by atoms with Crippen molar-refractivity contribution in [3.63, 3.8) is 0 Å². The van der Waals surface area contributed by atoms with Crippen LogP contribution in [0.25, 0.3) is 27.5 Å². The fourth-order valence-corrected chi connectivity index (χ4v) is 3.39. The number of fused-ring (bicyclic) bond motifs is 3. The maximum atomic E-state index is 14.4. The third kappa shape index (κ3) is 2.53. The third-order valence-corrected chi connectivity index (χ3v) is 4.64. The molecule has 140 valence electrons. The van der Waals surface area contributed by atoms with Gasteiger partial charge < -0.3 is 4.57 Å². The van der Waals surface area contributed by atoms with E-state index >= 15 is 0 Å². The standard InChI is InChI=1S/C21H11F5N2/c22-20(23,21(24,25)26)16-11-13(12-27)9-10-19(16)28-17-7-3-1-5-14(17)15-6-2-4-8-18(15)28/h1-11H. The normalized spacial score (nSPS) is 12.4. The fraction of sp³-hybridized carbons (Fsp3) is 0.0952. The molecule has 0 aliphatic carbocycles. The van der Waals surface area contributed by atoms with Crippen molar-refractivity contribution in [3.05, 3.63) is 77.9 Å². The van der Waals surface area contributed by atoms with E-state index in [1.54, 1.807) is 54.6 Å². The van der Waals surface area contributed by atoms with Crippen molar-refractivity contribution in [1.82, 2.24) is 4.57 Å². The molecule has 0 amide bonds. The van der Waals surface area contributed by atoms with Crippen LogP contribution in [0.4, 0.5) is 22.0 Å². The molecule has 0 unspecified atom stereocenters. The van der Waals surface area contributed by atoms with Crippen molar-refractivity contribution < 1.29 is 22.0 Å². The lowest BCUT2D eigenvalue weighted by molar-refractivity contribution is -0.289. The van der Waals surface area contributed by atoms with E-state index in [0.29, 0.717) is 17.1 Å². The van der Waals surface area contributed by atoms with Gasteiger partial charge in [0, 0.05) is 10.8 Å². The Morgan fingerprint density at radius 2 is 1.29 bits per heavy atom. The Balaban J connectivity index is 2.16. The van der Waals surface area contributed by atoms with Crippen molar-refractivity contribution in [2.24, 2.45) is 0 Å². The summed E-state index contributed by atoms with van der Waals surface area (Å²) >= 11 is 0. The van der Waals surface area contributed by atoms with Crippen molar-refractivity contribution >= 4 is 21.8 Å². The van der Waals surface area contributed by atoms with Crippen LogP contribution in [0.3, 0.4) is 0 Å². The molecule has 4 aromatic rings. The molecular formula is C21H11F5N2. The topological polar surface area (TPSA) is 28.7 Å². The molecule has 0 aliphatic rings. The average Bonchev–Trinajstić information content (AvgIpc) is 3.01. The van der Waals surface area contributed by atoms with E-state index in [0.717, 1.165) is 16.8 Å². The predicted octanol–water partition coefficient (Wildman–Crippen LogP) is 6.31. The fourth-order valence-electron chi connectivity index (χ4n) is 3.39. The van der Waals surface area contributed by atoms with Crippen molar-refractivity contribution in [1.29, 1.82) is 5.26 Å². The average molecular weight is 386 g/mol. The molecule has 3 aromatic carbocycles. The number of para-hydroxylation sites is 2. The Bertz CT molecular complexity index is 1190. The lowest BCUT2D eigenvalue weighted by Crippen LogP contribution is -2.34. The SMILES string of the molecule is N#Cc1ccc(-n2c3ccccc3c3ccccc32)c(C(F)(F)C(F)(F)F)c1. The summed E-state index contributed by atoms with van der Waals surface area (Å²) in [7, 11) is 0. The van der Waals surface area contributed by atoms with Crippen LogP contribution in [0.2, 0.25) is 0 Å². The van der Waals surface area contributed by atoms with Gasteiger partial charge in [0.15, 0.2) is 0 Å². The maximum absolute atomic E-state index is 14.4. The molecule has 0 bridgehead atoms. The number of halogens is 5. The molecule has 0 radical (unpaired) electrons. The zero-order valence-corrected chi connectivity index (χ0v) is 14.1. The molecular weight excluding hydrogens is 375 g/mol. The van der Waals surface area contributed by atoms with Crippen molar-refractivity contribution in [2.45, 2.75) is 12.1 Å². The molecule has 1 heterocycles. The molecule has 0 saturated heterocycles. The molecule has 0 saturated carbocycles. The van der Waals surface area contributed by atoms with Gasteiger partial charge in [-0.1, -0.05) is 36.4 Å². The number of hydrogen-bond donors (Lipinski definition) is 0. The van der Waals surface area contributed by atoms with E-state index in [1.807, 2.05) is 0 Å². The first-order valence-electron chi connectivity index (χ1n) is 8.23. The Labute approximate surface area is 156 Å². The largest absolute Gasteiger partial charge is 0.458 e. The molecule has 0 atom stereocenters. The highest BCUT2D eigenvalue weighted by molar-refractivity contribution is 6.09. The molecule has 4 rings (SSSR count). The summed E-state index contributed by atoms with van der Waals surface area (Å²) in [5.74, 6) is -5.12. The summed E-state index contributed by atoms with van der Waals surface area (Å²) in [6.45, 7) is 0. The highest BCUT2D eigenvalue weighted by atomic mass is 19.4. The number of benzene rings is 3. The second-order valence-corrected chi connectivity index (χ2v) is 6.29. The number of hydrogen-bond acceptors (Lipinski definition) is 1. The predicted molar refractivity (Wildman–Crippen MR) is 95.4 cm³/mol. The number of nitrogens with zero attached hydrogens (tertiary/aromatic N) is 2. The molecule has 0 aliphatic heterocycles. The zero-order valence-electron chi connectivity index (χ0n) is 14.1. The minimum absolute atomic E-state index is 0.275. The van der Waals surface area contributed by atoms with Gasteiger partial charge in [-0.3, -0.25) is 0 Å². The van der Waals surface area contributed by atoms with E-state index in [4.69, 9.17) is 5.26 Å². The second-order valence-electron chi connectivity index (χ2n) is 6.29. The molecule has 28 heavy (non-hydrogen) atoms. The molecule has 0 N–H and O–H groups in total. The van der Waals surface area contributed by atoms with E-state index in [9.17, 15) is 22.0 Å². The van der Waals surface area contributed by atoms with Crippen molar-refractivity contribution in [2.75, 3.05) is 0 Å². The summed E-state index contributed by atoms with van der Waals surface area (Å²) in [5, 5.41) is 10.5. The van der Waals surface area contributed by atoms with Gasteiger partial charge in [0.1, 0.15) is 0 Å². The number of alkyl halides is 5. The zero-order chi connectivity index (χ0) is 20.1. The van der Waals surface area contributed by atoms with Crippen LogP contribution in [-0.2, 0) is 5.92 Å². The van der Waals surface area contributed by atoms with Gasteiger partial charge in [-0.15, -0.1) is 0 Å². The van der Waals surface area contributed by atoms with Crippen LogP contribution in [0.15, 0.2) is 66.7 Å². The lowest BCUT2D eigenvalue weighted by Gasteiger charge is -2.23. The van der Waals surface area contributed by atoms with E-state index in [1.165, 1.54) is 10.6 Å². The van der Waals surface area contributed by atoms with Crippen LogP contribution in [0.5, 0.6) is 0 Å². The quantitative estimate of drug-likeness (QED) is 0.371. The van der Waals surface area contributed by atoms with Crippen molar-refractivity contribution in [3.8, 4) is 11.8 Å². The van der Waals surface area contributed by atoms with Crippen LogP contribution in [0, 0.1) is 11.3 Å². The molecule has 2 nitrogen and oxygen atoms in total. The van der Waals surface area contributed by atoms with Crippen LogP contribution < -0.4 is 0 Å². The highest BCUT2D eigenvalue weighted by Gasteiger charge is 2.60. The first-order chi connectivity index (χ1) is 13.3. The second kappa shape index (κ2) is 6.06. The summed E-state index contributed by atoms with van der Waals surface area (Å²) in [4.78, 5) is 0. The Hall–Kier alpha value is -3.40. The third-order valence-electron chi connectivity index (χ3n) is 4.64. The minimum Gasteiger partial charge on any atom is -0.309 e. The van der Waals surface area contributed by atoms with Crippen LogP contribution >= 0.6 is 0 Å². The molecule has 1 aromatic heterocycles. The minimum atomic E-state index is -5.80. The van der Waals surface area contributed by atoms with Gasteiger partial charge in [-0.05, 0) is 30.3 Å². The lowest BCUT2D eigenvalue weighted by atomic mass is 10.0. The molecule has 7 heteroatoms. The van der Waals surface area contributed by atoms with E-state index in [-0.39, 0.29) is 11.3 Å². The highest BCUT2D eigenvalue weighted by Crippen LogP contribution is 2.47. The number of aromatic nitrogens is 1. The smallest absolute Gasteiger partial charge is 0.309 e. The van der Waals surface area contributed by atoms with Crippen LogP contribution in [-0.4, -0.2) is 10.7 Å². The molecule has 0 fully saturated rings. The number of nitriles is 1. The monoisotopic (exact) mass is 386 g/mol. The van der Waals surface area contributed by atoms with E-state index in [2.05, 4.69) is 0 Å². The van der Waals surface area contributed by atoms with Gasteiger partial charge in [0.05, 0.1) is 33.9 Å². The Morgan fingerprint density at radius 1 is 0.750 bits per heavy atom. The summed E-state index contributed by atoms with van der Waals surface area (Å²) in [6, 6.07) is 18.4.